The highest BCUT2D eigenvalue weighted by atomic mass is 79.9. The van der Waals surface area contributed by atoms with Gasteiger partial charge in [-0.1, -0.05) is 45.7 Å². The second-order valence-corrected chi connectivity index (χ2v) is 9.72. The van der Waals surface area contributed by atoms with Crippen LogP contribution in [0.5, 0.6) is 11.5 Å². The van der Waals surface area contributed by atoms with E-state index < -0.39 is 11.9 Å². The zero-order valence-corrected chi connectivity index (χ0v) is 21.2. The van der Waals surface area contributed by atoms with Gasteiger partial charge < -0.3 is 14.2 Å². The van der Waals surface area contributed by atoms with Crippen LogP contribution in [0, 0.1) is 0 Å². The molecule has 0 bridgehead atoms. The highest BCUT2D eigenvalue weighted by molar-refractivity contribution is 9.10. The van der Waals surface area contributed by atoms with Gasteiger partial charge in [0.05, 0.1) is 12.1 Å². The Morgan fingerprint density at radius 3 is 2.63 bits per heavy atom. The van der Waals surface area contributed by atoms with E-state index in [0.29, 0.717) is 26.8 Å². The summed E-state index contributed by atoms with van der Waals surface area (Å²) in [5.41, 5.74) is 1.17. The number of methoxy groups -OCH3 is 1. The molecule has 0 aliphatic carbocycles. The topological polar surface area (TPSA) is 74.2 Å². The number of hydrogen-bond donors (Lipinski definition) is 0. The van der Waals surface area contributed by atoms with Crippen LogP contribution in [0.1, 0.15) is 20.8 Å². The highest BCUT2D eigenvalue weighted by Gasteiger charge is 2.25. The van der Waals surface area contributed by atoms with Gasteiger partial charge in [-0.05, 0) is 54.6 Å². The Balaban J connectivity index is 1.46. The average molecular weight is 569 g/mol. The summed E-state index contributed by atoms with van der Waals surface area (Å²) in [5, 5.41) is 1.14. The third-order valence-corrected chi connectivity index (χ3v) is 7.29. The lowest BCUT2D eigenvalue weighted by molar-refractivity contribution is -0.129. The zero-order valence-electron chi connectivity index (χ0n) is 18.1. The summed E-state index contributed by atoms with van der Waals surface area (Å²) in [6.45, 7) is 0. The van der Waals surface area contributed by atoms with Gasteiger partial charge in [-0.25, -0.2) is 14.6 Å². The minimum Gasteiger partial charge on any atom is -0.497 e. The van der Waals surface area contributed by atoms with E-state index >= 15 is 0 Å². The summed E-state index contributed by atoms with van der Waals surface area (Å²) in [5.74, 6) is -0.0985. The van der Waals surface area contributed by atoms with Gasteiger partial charge in [0.25, 0.3) is 0 Å². The summed E-state index contributed by atoms with van der Waals surface area (Å²) in [6.07, 6.45) is 1.51. The van der Waals surface area contributed by atoms with Crippen LogP contribution in [0.15, 0.2) is 81.9 Å². The summed E-state index contributed by atoms with van der Waals surface area (Å²) in [4.78, 5) is 30.1. The molecule has 0 radical (unpaired) electrons. The first-order valence-corrected chi connectivity index (χ1v) is 12.3. The molecular weight excluding hydrogens is 554 g/mol. The van der Waals surface area contributed by atoms with Gasteiger partial charge >= 0.3 is 11.9 Å². The Labute approximate surface area is 217 Å². The van der Waals surface area contributed by atoms with E-state index in [1.165, 1.54) is 17.4 Å². The number of carbonyl (C=O) groups excluding carboxylic acids is 2. The number of aliphatic imine (C=N–C) groups is 1. The molecule has 1 aromatic heterocycles. The first-order valence-electron chi connectivity index (χ1n) is 10.3. The third kappa shape index (κ3) is 4.73. The monoisotopic (exact) mass is 567 g/mol. The lowest BCUT2D eigenvalue weighted by Crippen LogP contribution is -2.08. The van der Waals surface area contributed by atoms with Crippen LogP contribution < -0.4 is 9.47 Å². The minimum atomic E-state index is -0.611. The van der Waals surface area contributed by atoms with Crippen molar-refractivity contribution in [2.45, 2.75) is 0 Å². The van der Waals surface area contributed by atoms with Gasteiger partial charge in [-0.2, -0.15) is 0 Å². The number of thiophene rings is 1. The van der Waals surface area contributed by atoms with Crippen LogP contribution in [-0.2, 0) is 9.53 Å². The minimum absolute atomic E-state index is 0.0751. The smallest absolute Gasteiger partial charge is 0.363 e. The Morgan fingerprint density at radius 1 is 1.11 bits per heavy atom. The van der Waals surface area contributed by atoms with Crippen molar-refractivity contribution in [3.63, 3.8) is 0 Å². The molecule has 0 saturated carbocycles. The fourth-order valence-electron chi connectivity index (χ4n) is 3.43. The van der Waals surface area contributed by atoms with Gasteiger partial charge in [-0.3, -0.25) is 0 Å². The highest BCUT2D eigenvalue weighted by Crippen LogP contribution is 2.36. The average Bonchev–Trinajstić information content (AvgIpc) is 3.40. The number of cyclic esters (lactones) is 1. The Kier molecular flexibility index (Phi) is 6.42. The molecule has 174 valence electrons. The van der Waals surface area contributed by atoms with Crippen LogP contribution in [0.4, 0.5) is 0 Å². The number of nitrogens with zero attached hydrogens (tertiary/aromatic N) is 1. The number of ether oxygens (including phenoxy) is 3. The molecule has 3 aromatic carbocycles. The van der Waals surface area contributed by atoms with Crippen molar-refractivity contribution in [3.05, 3.63) is 97.9 Å². The number of esters is 2. The summed E-state index contributed by atoms with van der Waals surface area (Å²) < 4.78 is 17.8. The first-order chi connectivity index (χ1) is 16.9. The largest absolute Gasteiger partial charge is 0.497 e. The summed E-state index contributed by atoms with van der Waals surface area (Å²) in [6, 6.07) is 19.5. The van der Waals surface area contributed by atoms with E-state index in [2.05, 4.69) is 20.9 Å². The molecule has 1 aliphatic rings. The molecule has 6 nitrogen and oxygen atoms in total. The molecule has 1 aliphatic heterocycles. The van der Waals surface area contributed by atoms with Crippen molar-refractivity contribution < 1.29 is 23.8 Å². The number of hydrogen-bond acceptors (Lipinski definition) is 7. The summed E-state index contributed by atoms with van der Waals surface area (Å²) >= 11 is 11.1. The fraction of sp³-hybridized carbons (Fsp3) is 0.0385. The maximum absolute atomic E-state index is 13.0. The number of fused-ring (bicyclic) bond motifs is 1. The van der Waals surface area contributed by atoms with E-state index in [1.54, 1.807) is 49.6 Å². The molecule has 35 heavy (non-hydrogen) atoms. The number of halogens is 2. The molecule has 4 aromatic rings. The standard InChI is InChI=1S/C26H15BrClNO5S/c1-32-17-9-6-14(7-10-17)24-29-19(25(30)34-24)13-15-12-16(27)8-11-20(15)33-26(31)23-22(28)18-4-2-3-5-21(18)35-23/h2-13H,1H3/b19-13+. The molecule has 0 fully saturated rings. The molecule has 9 heteroatoms. The van der Waals surface area contributed by atoms with Crippen LogP contribution in [0.3, 0.4) is 0 Å². The van der Waals surface area contributed by atoms with Crippen molar-refractivity contribution in [3.8, 4) is 11.5 Å². The molecule has 0 saturated heterocycles. The van der Waals surface area contributed by atoms with Gasteiger partial charge in [0.1, 0.15) is 16.4 Å². The van der Waals surface area contributed by atoms with E-state index in [1.807, 2.05) is 24.3 Å². The van der Waals surface area contributed by atoms with Crippen molar-refractivity contribution >= 4 is 72.9 Å². The van der Waals surface area contributed by atoms with Gasteiger partial charge in [0.2, 0.25) is 5.90 Å². The Bertz CT molecular complexity index is 1540. The predicted octanol–water partition coefficient (Wildman–Crippen LogP) is 6.89. The molecular formula is C26H15BrClNO5S. The molecule has 0 spiro atoms. The molecule has 5 rings (SSSR count). The molecule has 0 atom stereocenters. The first kappa shape index (κ1) is 23.3. The van der Waals surface area contributed by atoms with Crippen molar-refractivity contribution in [1.82, 2.24) is 0 Å². The number of benzene rings is 3. The van der Waals surface area contributed by atoms with Crippen molar-refractivity contribution in [2.75, 3.05) is 7.11 Å². The van der Waals surface area contributed by atoms with Gasteiger partial charge in [0, 0.05) is 25.7 Å². The van der Waals surface area contributed by atoms with Crippen molar-refractivity contribution in [2.24, 2.45) is 4.99 Å². The van der Waals surface area contributed by atoms with E-state index in [9.17, 15) is 9.59 Å². The quantitative estimate of drug-likeness (QED) is 0.149. The molecule has 0 amide bonds. The lowest BCUT2D eigenvalue weighted by Gasteiger charge is -2.08. The fourth-order valence-corrected chi connectivity index (χ4v) is 5.19. The van der Waals surface area contributed by atoms with E-state index in [4.69, 9.17) is 25.8 Å². The van der Waals surface area contributed by atoms with Crippen LogP contribution in [0.25, 0.3) is 16.2 Å². The molecule has 2 heterocycles. The SMILES string of the molecule is COc1ccc(C2=N/C(=C/c3cc(Br)ccc3OC(=O)c3sc4ccccc4c3Cl)C(=O)O2)cc1. The van der Waals surface area contributed by atoms with Crippen LogP contribution in [-0.4, -0.2) is 24.9 Å². The van der Waals surface area contributed by atoms with Crippen molar-refractivity contribution in [1.29, 1.82) is 0 Å². The van der Waals surface area contributed by atoms with Gasteiger partial charge in [0.15, 0.2) is 5.70 Å². The van der Waals surface area contributed by atoms with Crippen LogP contribution >= 0.6 is 38.9 Å². The second-order valence-electron chi connectivity index (χ2n) is 7.38. The van der Waals surface area contributed by atoms with Gasteiger partial charge in [-0.15, -0.1) is 11.3 Å². The number of carbonyl (C=O) groups is 2. The summed E-state index contributed by atoms with van der Waals surface area (Å²) in [7, 11) is 1.57. The van der Waals surface area contributed by atoms with Crippen LogP contribution in [0.2, 0.25) is 5.02 Å². The maximum Gasteiger partial charge on any atom is 0.363 e. The second kappa shape index (κ2) is 9.65. The molecule has 0 unspecified atom stereocenters. The predicted molar refractivity (Wildman–Crippen MR) is 140 cm³/mol. The Hall–Kier alpha value is -3.46. The lowest BCUT2D eigenvalue weighted by atomic mass is 10.1. The zero-order chi connectivity index (χ0) is 24.5. The molecule has 0 N–H and O–H groups in total. The van der Waals surface area contributed by atoms with E-state index in [-0.39, 0.29) is 17.3 Å². The number of rotatable bonds is 5. The van der Waals surface area contributed by atoms with E-state index in [0.717, 1.165) is 14.6 Å². The Morgan fingerprint density at radius 2 is 1.89 bits per heavy atom. The third-order valence-electron chi connectivity index (χ3n) is 5.14. The normalized spacial score (nSPS) is 14.2. The maximum atomic E-state index is 13.0.